The number of aromatic nitrogens is 2. The molecule has 2 rings (SSSR count). The van der Waals surface area contributed by atoms with Gasteiger partial charge >= 0.3 is 6.61 Å². The Kier molecular flexibility index (Phi) is 3.99. The van der Waals surface area contributed by atoms with Crippen LogP contribution in [-0.4, -0.2) is 16.6 Å². The number of hydrogen-bond donors (Lipinski definition) is 2. The number of benzene rings is 1. The van der Waals surface area contributed by atoms with Crippen LogP contribution in [0.15, 0.2) is 30.6 Å². The molecule has 4 nitrogen and oxygen atoms in total. The second-order valence-electron chi connectivity index (χ2n) is 3.41. The SMILES string of the molecule is FC(F)Oc1ccc(NCc2ncc[nH]2)cc1Cl. The van der Waals surface area contributed by atoms with Gasteiger partial charge in [0, 0.05) is 18.1 Å². The minimum Gasteiger partial charge on any atom is -0.433 e. The van der Waals surface area contributed by atoms with Crippen LogP contribution in [0.4, 0.5) is 14.5 Å². The summed E-state index contributed by atoms with van der Waals surface area (Å²) in [6, 6.07) is 4.51. The van der Waals surface area contributed by atoms with Crippen LogP contribution in [-0.2, 0) is 6.54 Å². The molecule has 1 aromatic carbocycles. The Morgan fingerprint density at radius 2 is 2.28 bits per heavy atom. The zero-order valence-electron chi connectivity index (χ0n) is 9.16. The molecule has 7 heteroatoms. The van der Waals surface area contributed by atoms with E-state index in [4.69, 9.17) is 11.6 Å². The standard InChI is InChI=1S/C11H10ClF2N3O/c12-8-5-7(1-2-9(8)18-11(13)14)17-6-10-15-3-4-16-10/h1-5,11,17H,6H2,(H,15,16). The van der Waals surface area contributed by atoms with E-state index in [2.05, 4.69) is 20.0 Å². The van der Waals surface area contributed by atoms with Crippen molar-refractivity contribution in [2.75, 3.05) is 5.32 Å². The van der Waals surface area contributed by atoms with E-state index < -0.39 is 6.61 Å². The highest BCUT2D eigenvalue weighted by atomic mass is 35.5. The molecule has 96 valence electrons. The van der Waals surface area contributed by atoms with Crippen LogP contribution in [0, 0.1) is 0 Å². The first kappa shape index (κ1) is 12.6. The van der Waals surface area contributed by atoms with E-state index in [9.17, 15) is 8.78 Å². The number of nitrogens with one attached hydrogen (secondary N) is 2. The molecule has 0 radical (unpaired) electrons. The van der Waals surface area contributed by atoms with Crippen molar-refractivity contribution in [1.82, 2.24) is 9.97 Å². The third kappa shape index (κ3) is 3.33. The van der Waals surface area contributed by atoms with Gasteiger partial charge in [0.15, 0.2) is 0 Å². The van der Waals surface area contributed by atoms with Crippen molar-refractivity contribution in [1.29, 1.82) is 0 Å². The van der Waals surface area contributed by atoms with E-state index in [1.165, 1.54) is 12.1 Å². The maximum atomic E-state index is 12.0. The quantitative estimate of drug-likeness (QED) is 0.879. The van der Waals surface area contributed by atoms with E-state index in [1.807, 2.05) is 0 Å². The van der Waals surface area contributed by atoms with Gasteiger partial charge in [-0.05, 0) is 18.2 Å². The number of alkyl halides is 2. The number of nitrogens with zero attached hydrogens (tertiary/aromatic N) is 1. The summed E-state index contributed by atoms with van der Waals surface area (Å²) in [5.41, 5.74) is 0.693. The summed E-state index contributed by atoms with van der Waals surface area (Å²) in [6.45, 7) is -2.40. The maximum absolute atomic E-state index is 12.0. The van der Waals surface area contributed by atoms with Crippen LogP contribution in [0.25, 0.3) is 0 Å². The molecule has 0 aliphatic rings. The zero-order valence-corrected chi connectivity index (χ0v) is 9.92. The molecule has 1 heterocycles. The molecule has 0 saturated carbocycles. The number of hydrogen-bond acceptors (Lipinski definition) is 3. The smallest absolute Gasteiger partial charge is 0.387 e. The Morgan fingerprint density at radius 3 is 2.89 bits per heavy atom. The fourth-order valence-corrected chi connectivity index (χ4v) is 1.61. The predicted octanol–water partition coefficient (Wildman–Crippen LogP) is 3.28. The van der Waals surface area contributed by atoms with Crippen molar-refractivity contribution >= 4 is 17.3 Å². The summed E-state index contributed by atoms with van der Waals surface area (Å²) < 4.78 is 28.3. The molecule has 0 aliphatic heterocycles. The van der Waals surface area contributed by atoms with Crippen molar-refractivity contribution in [3.63, 3.8) is 0 Å². The highest BCUT2D eigenvalue weighted by Gasteiger charge is 2.08. The molecule has 0 spiro atoms. The van der Waals surface area contributed by atoms with Crippen molar-refractivity contribution in [2.24, 2.45) is 0 Å². The summed E-state index contributed by atoms with van der Waals surface area (Å²) in [4.78, 5) is 6.96. The summed E-state index contributed by atoms with van der Waals surface area (Å²) in [5.74, 6) is 0.717. The van der Waals surface area contributed by atoms with Crippen LogP contribution in [0.1, 0.15) is 5.82 Å². The van der Waals surface area contributed by atoms with E-state index in [-0.39, 0.29) is 10.8 Å². The van der Waals surface area contributed by atoms with Crippen molar-refractivity contribution in [3.8, 4) is 5.75 Å². The van der Waals surface area contributed by atoms with Crippen LogP contribution >= 0.6 is 11.6 Å². The molecule has 18 heavy (non-hydrogen) atoms. The lowest BCUT2D eigenvalue weighted by molar-refractivity contribution is -0.0497. The average Bonchev–Trinajstić information content (AvgIpc) is 2.82. The van der Waals surface area contributed by atoms with Gasteiger partial charge in [-0.1, -0.05) is 11.6 Å². The Labute approximate surface area is 107 Å². The minimum atomic E-state index is -2.88. The molecule has 2 N–H and O–H groups in total. The van der Waals surface area contributed by atoms with Crippen molar-refractivity contribution < 1.29 is 13.5 Å². The lowest BCUT2D eigenvalue weighted by Crippen LogP contribution is -2.04. The molecule has 0 bridgehead atoms. The first-order chi connectivity index (χ1) is 8.65. The summed E-state index contributed by atoms with van der Waals surface area (Å²) >= 11 is 5.81. The fraction of sp³-hybridized carbons (Fsp3) is 0.182. The normalized spacial score (nSPS) is 10.7. The first-order valence-electron chi connectivity index (χ1n) is 5.11. The molecule has 1 aromatic heterocycles. The fourth-order valence-electron chi connectivity index (χ4n) is 1.38. The van der Waals surface area contributed by atoms with Gasteiger partial charge in [0.25, 0.3) is 0 Å². The van der Waals surface area contributed by atoms with E-state index in [0.717, 1.165) is 5.82 Å². The Balaban J connectivity index is 2.00. The van der Waals surface area contributed by atoms with Gasteiger partial charge in [-0.25, -0.2) is 4.98 Å². The van der Waals surface area contributed by atoms with Crippen molar-refractivity contribution in [2.45, 2.75) is 13.2 Å². The number of ether oxygens (including phenoxy) is 1. The van der Waals surface area contributed by atoms with Gasteiger partial charge in [0.2, 0.25) is 0 Å². The largest absolute Gasteiger partial charge is 0.433 e. The molecule has 0 saturated heterocycles. The highest BCUT2D eigenvalue weighted by molar-refractivity contribution is 6.32. The van der Waals surface area contributed by atoms with E-state index in [0.29, 0.717) is 12.2 Å². The number of rotatable bonds is 5. The van der Waals surface area contributed by atoms with Gasteiger partial charge < -0.3 is 15.0 Å². The van der Waals surface area contributed by atoms with Crippen molar-refractivity contribution in [3.05, 3.63) is 41.4 Å². The molecule has 0 atom stereocenters. The third-order valence-corrected chi connectivity index (χ3v) is 2.46. The van der Waals surface area contributed by atoms with Crippen LogP contribution in [0.5, 0.6) is 5.75 Å². The highest BCUT2D eigenvalue weighted by Crippen LogP contribution is 2.28. The van der Waals surface area contributed by atoms with Crippen LogP contribution < -0.4 is 10.1 Å². The first-order valence-corrected chi connectivity index (χ1v) is 5.49. The number of anilines is 1. The van der Waals surface area contributed by atoms with Gasteiger partial charge in [-0.15, -0.1) is 0 Å². The molecule has 2 aromatic rings. The molecule has 0 unspecified atom stereocenters. The number of halogens is 3. The Hall–Kier alpha value is -1.82. The van der Waals surface area contributed by atoms with Gasteiger partial charge in [-0.2, -0.15) is 8.78 Å². The van der Waals surface area contributed by atoms with Gasteiger partial charge in [-0.3, -0.25) is 0 Å². The minimum absolute atomic E-state index is 0.0461. The van der Waals surface area contributed by atoms with Gasteiger partial charge in [0.1, 0.15) is 11.6 Å². The number of aromatic amines is 1. The summed E-state index contributed by atoms with van der Waals surface area (Å²) in [7, 11) is 0. The van der Waals surface area contributed by atoms with Crippen LogP contribution in [0.3, 0.4) is 0 Å². The lowest BCUT2D eigenvalue weighted by Gasteiger charge is -2.09. The van der Waals surface area contributed by atoms with E-state index >= 15 is 0 Å². The number of imidazole rings is 1. The second-order valence-corrected chi connectivity index (χ2v) is 3.82. The molecular formula is C11H10ClF2N3O. The lowest BCUT2D eigenvalue weighted by atomic mass is 10.3. The Bertz CT molecular complexity index is 505. The van der Waals surface area contributed by atoms with Gasteiger partial charge in [0.05, 0.1) is 11.6 Å². The number of H-pyrrole nitrogens is 1. The summed E-state index contributed by atoms with van der Waals surface area (Å²) in [5, 5.41) is 3.17. The average molecular weight is 274 g/mol. The molecule has 0 fully saturated rings. The monoisotopic (exact) mass is 273 g/mol. The topological polar surface area (TPSA) is 49.9 Å². The maximum Gasteiger partial charge on any atom is 0.387 e. The summed E-state index contributed by atoms with van der Waals surface area (Å²) in [6.07, 6.45) is 3.35. The Morgan fingerprint density at radius 1 is 1.44 bits per heavy atom. The molecular weight excluding hydrogens is 264 g/mol. The molecule has 0 amide bonds. The zero-order chi connectivity index (χ0) is 13.0. The van der Waals surface area contributed by atoms with Crippen LogP contribution in [0.2, 0.25) is 5.02 Å². The van der Waals surface area contributed by atoms with E-state index in [1.54, 1.807) is 18.5 Å². The predicted molar refractivity (Wildman–Crippen MR) is 64.0 cm³/mol. The second kappa shape index (κ2) is 5.68. The third-order valence-electron chi connectivity index (χ3n) is 2.16. The molecule has 0 aliphatic carbocycles.